The van der Waals surface area contributed by atoms with Gasteiger partial charge in [0.25, 0.3) is 5.79 Å². The van der Waals surface area contributed by atoms with Crippen LogP contribution in [-0.2, 0) is 33.3 Å². The van der Waals surface area contributed by atoms with E-state index in [0.717, 1.165) is 0 Å². The average molecular weight is 618 g/mol. The fourth-order valence-electron chi connectivity index (χ4n) is 11.3. The molecule has 7 fully saturated rings. The topological polar surface area (TPSA) is 157 Å². The first-order valence-electron chi connectivity index (χ1n) is 15.7. The molecule has 0 bridgehead atoms. The number of ether oxygens (including phenoxy) is 5. The number of fused-ring (bicyclic) bond motifs is 6. The van der Waals surface area contributed by atoms with E-state index in [-0.39, 0.29) is 30.8 Å². The Hall–Kier alpha value is -1.38. The number of aliphatic hydroxyl groups is 3. The summed E-state index contributed by atoms with van der Waals surface area (Å²) in [6.45, 7) is 5.87. The number of Topliss-reactive ketones (excluding diaryl/α,β-unsaturated/α-hetero) is 1. The number of carbonyl (C=O) groups excluding carboxylic acids is 2. The van der Waals surface area contributed by atoms with E-state index in [2.05, 4.69) is 6.92 Å². The molecule has 4 aliphatic carbocycles. The summed E-state index contributed by atoms with van der Waals surface area (Å²) in [5, 5.41) is 36.8. The summed E-state index contributed by atoms with van der Waals surface area (Å²) in [6, 6.07) is 0. The van der Waals surface area contributed by atoms with Crippen LogP contribution in [-0.4, -0.2) is 104 Å². The van der Waals surface area contributed by atoms with Crippen molar-refractivity contribution in [1.82, 2.24) is 0 Å². The zero-order valence-corrected chi connectivity index (χ0v) is 25.4. The maximum absolute atomic E-state index is 14.4. The van der Waals surface area contributed by atoms with E-state index in [1.165, 1.54) is 17.8 Å². The van der Waals surface area contributed by atoms with Crippen molar-refractivity contribution in [2.45, 2.75) is 118 Å². The van der Waals surface area contributed by atoms with Gasteiger partial charge in [0, 0.05) is 30.4 Å². The highest BCUT2D eigenvalue weighted by Gasteiger charge is 2.89. The van der Waals surface area contributed by atoms with Gasteiger partial charge in [-0.1, -0.05) is 6.92 Å². The second-order valence-corrected chi connectivity index (χ2v) is 16.3. The number of ketones is 1. The minimum atomic E-state index is -1.79. The van der Waals surface area contributed by atoms with Gasteiger partial charge in [-0.25, -0.2) is 4.79 Å². The standard InChI is InChI=1S/C31H39NO10S/c1-14-11-29(32-6-7-43-29)31(37)25(39-14)40-18-9-16-10-20-30(42-20)23(26(16,2)12-19(18)41-31)22(34)24(35)27(3)17(4-5-28(27,30)36)15-8-21(33)38-13-15/h6,8,14,16-20,22-23,25,34,36-37H,4-5,7,9-13H2,1-3H3/t14-,16-,17-,18-,19-,20+,22+,23-,25+,26+,27+,28-,29?,30+,31-/m1/s1. The quantitative estimate of drug-likeness (QED) is 0.221. The lowest BCUT2D eigenvalue weighted by molar-refractivity contribution is -0.446. The molecule has 43 heavy (non-hydrogen) atoms. The normalized spacial score (nSPS) is 61.2. The molecule has 5 heterocycles. The Bertz CT molecular complexity index is 1390. The maximum atomic E-state index is 14.4. The average Bonchev–Trinajstić information content (AvgIpc) is 3.21. The van der Waals surface area contributed by atoms with Gasteiger partial charge in [0.2, 0.25) is 6.29 Å². The Morgan fingerprint density at radius 1 is 1.07 bits per heavy atom. The van der Waals surface area contributed by atoms with Gasteiger partial charge in [-0.2, -0.15) is 0 Å². The van der Waals surface area contributed by atoms with Crippen molar-refractivity contribution in [3.63, 3.8) is 0 Å². The van der Waals surface area contributed by atoms with Crippen LogP contribution in [0.15, 0.2) is 16.6 Å². The van der Waals surface area contributed by atoms with Gasteiger partial charge in [0.05, 0.1) is 29.8 Å². The van der Waals surface area contributed by atoms with Crippen LogP contribution in [0.4, 0.5) is 0 Å². The molecule has 9 rings (SSSR count). The summed E-state index contributed by atoms with van der Waals surface area (Å²) in [7, 11) is 0. The number of thioether (sulfide) groups is 1. The molecule has 2 spiro atoms. The number of aliphatic hydroxyl groups excluding tert-OH is 1. The second kappa shape index (κ2) is 8.31. The third-order valence-corrected chi connectivity index (χ3v) is 14.6. The summed E-state index contributed by atoms with van der Waals surface area (Å²) in [5.41, 5.74) is -3.91. The Morgan fingerprint density at radius 2 is 1.88 bits per heavy atom. The Kier molecular flexibility index (Phi) is 5.39. The van der Waals surface area contributed by atoms with E-state index in [0.29, 0.717) is 49.9 Å². The first kappa shape index (κ1) is 27.9. The summed E-state index contributed by atoms with van der Waals surface area (Å²) in [4.78, 5) is 30.1. The number of nitrogens with zero attached hydrogens (tertiary/aromatic N) is 1. The number of cyclic esters (lactones) is 1. The minimum Gasteiger partial charge on any atom is -0.458 e. The maximum Gasteiger partial charge on any atom is 0.331 e. The highest BCUT2D eigenvalue weighted by Crippen LogP contribution is 2.77. The van der Waals surface area contributed by atoms with Crippen molar-refractivity contribution < 1.29 is 48.6 Å². The summed E-state index contributed by atoms with van der Waals surface area (Å²) >= 11 is 1.53. The zero-order valence-electron chi connectivity index (χ0n) is 24.6. The van der Waals surface area contributed by atoms with E-state index < -0.39 is 74.8 Å². The van der Waals surface area contributed by atoms with E-state index >= 15 is 0 Å². The molecule has 234 valence electrons. The SMILES string of the molecule is C[C@@H]1CC2(N=CCS2)[C@]2(O)O[C@@H]3C[C@@]4(C)[C@@H](C[C@@H]5O[C@]56[C@@H]4[C@H](O)C(=O)[C@]4(C)[C@@H](C5=CC(=O)OC5)CC[C@]64O)C[C@H]3O[C@@H]2O1. The largest absolute Gasteiger partial charge is 0.458 e. The summed E-state index contributed by atoms with van der Waals surface area (Å²) in [5.74, 6) is -3.06. The van der Waals surface area contributed by atoms with Gasteiger partial charge in [-0.15, -0.1) is 11.8 Å². The molecule has 0 radical (unpaired) electrons. The second-order valence-electron chi connectivity index (χ2n) is 15.0. The van der Waals surface area contributed by atoms with Crippen LogP contribution in [0, 0.1) is 28.6 Å². The van der Waals surface area contributed by atoms with Crippen molar-refractivity contribution in [2.24, 2.45) is 33.6 Å². The molecule has 4 saturated carbocycles. The van der Waals surface area contributed by atoms with Crippen LogP contribution >= 0.6 is 11.8 Å². The van der Waals surface area contributed by atoms with Crippen LogP contribution in [0.2, 0.25) is 0 Å². The number of carbonyl (C=O) groups is 2. The van der Waals surface area contributed by atoms with Gasteiger partial charge in [-0.05, 0) is 68.8 Å². The lowest BCUT2D eigenvalue weighted by atomic mass is 9.41. The predicted molar refractivity (Wildman–Crippen MR) is 150 cm³/mol. The molecule has 0 aromatic heterocycles. The zero-order chi connectivity index (χ0) is 29.9. The highest BCUT2D eigenvalue weighted by atomic mass is 32.2. The lowest BCUT2D eigenvalue weighted by Gasteiger charge is -2.65. The van der Waals surface area contributed by atoms with Gasteiger partial charge in [-0.3, -0.25) is 9.79 Å². The van der Waals surface area contributed by atoms with Crippen molar-refractivity contribution in [2.75, 3.05) is 12.4 Å². The fraction of sp³-hybridized carbons (Fsp3) is 0.839. The number of rotatable bonds is 1. The third-order valence-electron chi connectivity index (χ3n) is 13.3. The van der Waals surface area contributed by atoms with Crippen molar-refractivity contribution >= 4 is 29.7 Å². The van der Waals surface area contributed by atoms with Gasteiger partial charge in [0.15, 0.2) is 10.7 Å². The molecule has 3 saturated heterocycles. The summed E-state index contributed by atoms with van der Waals surface area (Å²) < 4.78 is 31.0. The first-order valence-corrected chi connectivity index (χ1v) is 16.7. The number of hydrogen-bond donors (Lipinski definition) is 3. The van der Waals surface area contributed by atoms with E-state index in [1.54, 1.807) is 13.1 Å². The van der Waals surface area contributed by atoms with Crippen molar-refractivity contribution in [3.05, 3.63) is 11.6 Å². The Morgan fingerprint density at radius 3 is 2.60 bits per heavy atom. The molecule has 0 aromatic carbocycles. The van der Waals surface area contributed by atoms with E-state index in [1.807, 2.05) is 6.92 Å². The van der Waals surface area contributed by atoms with Gasteiger partial charge < -0.3 is 39.0 Å². The molecular formula is C31H39NO10S. The number of hydrogen-bond acceptors (Lipinski definition) is 12. The molecule has 9 aliphatic rings. The minimum absolute atomic E-state index is 0.0270. The summed E-state index contributed by atoms with van der Waals surface area (Å²) in [6.07, 6.45) is 2.48. The molecule has 0 aromatic rings. The molecule has 0 amide bonds. The molecule has 1 unspecified atom stereocenters. The first-order chi connectivity index (χ1) is 20.3. The monoisotopic (exact) mass is 617 g/mol. The third kappa shape index (κ3) is 3.02. The van der Waals surface area contributed by atoms with Crippen LogP contribution in [0.5, 0.6) is 0 Å². The van der Waals surface area contributed by atoms with E-state index in [9.17, 15) is 24.9 Å². The van der Waals surface area contributed by atoms with Crippen LogP contribution in [0.25, 0.3) is 0 Å². The molecule has 3 N–H and O–H groups in total. The number of esters is 1. The highest BCUT2D eigenvalue weighted by molar-refractivity contribution is 8.01. The number of aliphatic imine (C=N–C) groups is 1. The fourth-order valence-corrected chi connectivity index (χ4v) is 12.6. The number of epoxide rings is 1. The molecule has 5 aliphatic heterocycles. The Balaban J connectivity index is 1.08. The van der Waals surface area contributed by atoms with E-state index in [4.69, 9.17) is 28.7 Å². The van der Waals surface area contributed by atoms with Crippen molar-refractivity contribution in [3.8, 4) is 0 Å². The van der Waals surface area contributed by atoms with Crippen LogP contribution in [0.1, 0.15) is 59.3 Å². The van der Waals surface area contributed by atoms with Crippen molar-refractivity contribution in [1.29, 1.82) is 0 Å². The molecule has 12 heteroatoms. The predicted octanol–water partition coefficient (Wildman–Crippen LogP) is 1.26. The van der Waals surface area contributed by atoms with Gasteiger partial charge >= 0.3 is 5.97 Å². The lowest BCUT2D eigenvalue weighted by Crippen LogP contribution is -2.77. The Labute approximate surface area is 253 Å². The van der Waals surface area contributed by atoms with Crippen LogP contribution < -0.4 is 0 Å². The van der Waals surface area contributed by atoms with Gasteiger partial charge in [0.1, 0.15) is 23.9 Å². The van der Waals surface area contributed by atoms with Crippen LogP contribution in [0.3, 0.4) is 0 Å². The molecule has 15 atom stereocenters. The molecule has 11 nitrogen and oxygen atoms in total. The smallest absolute Gasteiger partial charge is 0.331 e. The molecular weight excluding hydrogens is 578 g/mol.